The van der Waals surface area contributed by atoms with E-state index in [0.717, 1.165) is 59.2 Å². The fraction of sp³-hybridized carbons (Fsp3) is 0.344. The summed E-state index contributed by atoms with van der Waals surface area (Å²) < 4.78 is 46.0. The zero-order chi connectivity index (χ0) is 29.3. The summed E-state index contributed by atoms with van der Waals surface area (Å²) in [5, 5.41) is 2.57. The van der Waals surface area contributed by atoms with Crippen molar-refractivity contribution in [2.75, 3.05) is 13.7 Å². The van der Waals surface area contributed by atoms with Crippen LogP contribution in [0.3, 0.4) is 0 Å². The Balaban J connectivity index is 1.31. The molecule has 1 atom stereocenters. The minimum Gasteiger partial charge on any atom is -0.468 e. The Bertz CT molecular complexity index is 1480. The number of hydrogen-bond acceptors (Lipinski definition) is 4. The van der Waals surface area contributed by atoms with Gasteiger partial charge in [-0.1, -0.05) is 48.9 Å². The summed E-state index contributed by atoms with van der Waals surface area (Å²) in [4.78, 5) is 39.3. The minimum absolute atomic E-state index is 0.0661. The summed E-state index contributed by atoms with van der Waals surface area (Å²) in [6, 6.07) is 14.7. The average molecular weight is 565 g/mol. The van der Waals surface area contributed by atoms with E-state index in [9.17, 15) is 27.6 Å². The molecule has 0 bridgehead atoms. The first-order valence-corrected chi connectivity index (χ1v) is 13.6. The number of nitrogens with one attached hydrogen (secondary N) is 1. The molecule has 5 rings (SSSR count). The van der Waals surface area contributed by atoms with Crippen LogP contribution in [0.1, 0.15) is 48.4 Å². The number of ether oxygens (including phenoxy) is 1. The van der Waals surface area contributed by atoms with Crippen LogP contribution >= 0.6 is 0 Å². The number of fused-ring (bicyclic) bond motifs is 1. The van der Waals surface area contributed by atoms with Gasteiger partial charge in [0.1, 0.15) is 6.04 Å². The molecule has 0 radical (unpaired) electrons. The Morgan fingerprint density at radius 1 is 0.951 bits per heavy atom. The van der Waals surface area contributed by atoms with Crippen LogP contribution in [0.15, 0.2) is 54.6 Å². The lowest BCUT2D eigenvalue weighted by Gasteiger charge is -2.39. The number of methoxy groups -OCH3 is 1. The Kier molecular flexibility index (Phi) is 7.89. The van der Waals surface area contributed by atoms with Crippen molar-refractivity contribution in [2.45, 2.75) is 57.0 Å². The molecule has 3 aromatic carbocycles. The maximum atomic E-state index is 13.8. The van der Waals surface area contributed by atoms with E-state index in [1.807, 2.05) is 36.4 Å². The van der Waals surface area contributed by atoms with Crippen molar-refractivity contribution >= 4 is 17.8 Å². The lowest BCUT2D eigenvalue weighted by atomic mass is 9.64. The molecule has 1 aliphatic heterocycles. The van der Waals surface area contributed by atoms with Crippen LogP contribution in [-0.4, -0.2) is 42.4 Å². The number of nitrogens with zero attached hydrogens (tertiary/aromatic N) is 1. The quantitative estimate of drug-likeness (QED) is 0.324. The summed E-state index contributed by atoms with van der Waals surface area (Å²) >= 11 is 0. The molecular weight excluding hydrogens is 533 g/mol. The molecule has 1 aliphatic carbocycles. The lowest BCUT2D eigenvalue weighted by molar-refractivity contribution is -0.151. The number of halogens is 3. The lowest BCUT2D eigenvalue weighted by Crippen LogP contribution is -2.50. The number of amides is 2. The first kappa shape index (κ1) is 28.4. The average Bonchev–Trinajstić information content (AvgIpc) is 2.94. The van der Waals surface area contributed by atoms with Crippen LogP contribution in [0.25, 0.3) is 11.1 Å². The molecule has 9 heteroatoms. The maximum absolute atomic E-state index is 13.8. The van der Waals surface area contributed by atoms with Crippen LogP contribution < -0.4 is 5.32 Å². The zero-order valence-electron chi connectivity index (χ0n) is 22.9. The van der Waals surface area contributed by atoms with Gasteiger partial charge in [-0.2, -0.15) is 0 Å². The van der Waals surface area contributed by atoms with Crippen LogP contribution in [0.4, 0.5) is 13.2 Å². The number of esters is 1. The van der Waals surface area contributed by atoms with Crippen molar-refractivity contribution in [3.05, 3.63) is 94.3 Å². The van der Waals surface area contributed by atoms with E-state index in [2.05, 4.69) is 11.4 Å². The number of carbonyl (C=O) groups is 3. The van der Waals surface area contributed by atoms with Gasteiger partial charge in [-0.25, -0.2) is 13.2 Å². The molecule has 214 valence electrons. The smallest absolute Gasteiger partial charge is 0.316 e. The maximum Gasteiger partial charge on any atom is 0.316 e. The van der Waals surface area contributed by atoms with E-state index in [0.29, 0.717) is 19.5 Å². The second-order valence-corrected chi connectivity index (χ2v) is 10.8. The first-order valence-electron chi connectivity index (χ1n) is 13.6. The van der Waals surface area contributed by atoms with Gasteiger partial charge in [-0.05, 0) is 64.8 Å². The summed E-state index contributed by atoms with van der Waals surface area (Å²) in [6.45, 7) is 1.97. The molecule has 2 aliphatic rings. The monoisotopic (exact) mass is 564 g/mol. The van der Waals surface area contributed by atoms with Crippen molar-refractivity contribution in [3.63, 3.8) is 0 Å². The number of rotatable bonds is 7. The summed E-state index contributed by atoms with van der Waals surface area (Å²) in [6.07, 6.45) is 2.98. The van der Waals surface area contributed by atoms with Gasteiger partial charge in [-0.15, -0.1) is 0 Å². The van der Waals surface area contributed by atoms with Gasteiger partial charge in [0, 0.05) is 26.4 Å². The summed E-state index contributed by atoms with van der Waals surface area (Å²) in [7, 11) is 1.42. The predicted octanol–water partition coefficient (Wildman–Crippen LogP) is 5.00. The molecular formula is C32H31F3N2O4. The van der Waals surface area contributed by atoms with Gasteiger partial charge in [0.05, 0.1) is 12.5 Å². The normalized spacial score (nSPS) is 16.3. The summed E-state index contributed by atoms with van der Waals surface area (Å²) in [5.41, 5.74) is 4.57. The molecule has 0 saturated heterocycles. The highest BCUT2D eigenvalue weighted by atomic mass is 19.2. The number of hydrogen-bond donors (Lipinski definition) is 1. The molecule has 1 saturated carbocycles. The molecule has 6 nitrogen and oxygen atoms in total. The van der Waals surface area contributed by atoms with Crippen molar-refractivity contribution < 1.29 is 32.3 Å². The van der Waals surface area contributed by atoms with Crippen molar-refractivity contribution in [1.82, 2.24) is 10.2 Å². The standard InChI is InChI=1S/C32H31F3N2O4/c1-19(38)36-28(16-20-14-26(33)29(35)27(34)15-20)30(39)37-13-10-23-17-22(4-5-24(23)18-37)21-6-8-25(9-7-21)32(11-3-12-32)31(40)41-2/h4-9,14-15,17,28H,3,10-13,16,18H2,1-2H3,(H,36,38). The Hall–Kier alpha value is -4.14. The van der Waals surface area contributed by atoms with E-state index in [1.165, 1.54) is 14.0 Å². The van der Waals surface area contributed by atoms with Crippen molar-refractivity contribution in [3.8, 4) is 11.1 Å². The van der Waals surface area contributed by atoms with Crippen LogP contribution in [0.2, 0.25) is 0 Å². The Morgan fingerprint density at radius 2 is 1.61 bits per heavy atom. The van der Waals surface area contributed by atoms with Crippen LogP contribution in [0, 0.1) is 17.5 Å². The Morgan fingerprint density at radius 3 is 2.20 bits per heavy atom. The van der Waals surface area contributed by atoms with E-state index in [4.69, 9.17) is 4.74 Å². The largest absolute Gasteiger partial charge is 0.468 e. The molecule has 1 fully saturated rings. The van der Waals surface area contributed by atoms with Gasteiger partial charge in [0.2, 0.25) is 11.8 Å². The zero-order valence-corrected chi connectivity index (χ0v) is 22.9. The van der Waals surface area contributed by atoms with Gasteiger partial charge in [0.25, 0.3) is 0 Å². The number of benzene rings is 3. The third-order valence-electron chi connectivity index (χ3n) is 8.24. The molecule has 1 N–H and O–H groups in total. The highest BCUT2D eigenvalue weighted by Crippen LogP contribution is 2.45. The highest BCUT2D eigenvalue weighted by molar-refractivity contribution is 5.87. The first-order chi connectivity index (χ1) is 19.6. The van der Waals surface area contributed by atoms with Crippen LogP contribution in [-0.2, 0) is 43.9 Å². The molecule has 41 heavy (non-hydrogen) atoms. The molecule has 3 aromatic rings. The fourth-order valence-corrected chi connectivity index (χ4v) is 5.87. The molecule has 0 spiro atoms. The van der Waals surface area contributed by atoms with Gasteiger partial charge in [0.15, 0.2) is 17.5 Å². The molecule has 2 amide bonds. The predicted molar refractivity (Wildman–Crippen MR) is 146 cm³/mol. The molecule has 0 aromatic heterocycles. The van der Waals surface area contributed by atoms with Gasteiger partial charge in [-0.3, -0.25) is 14.4 Å². The second-order valence-electron chi connectivity index (χ2n) is 10.8. The van der Waals surface area contributed by atoms with Gasteiger partial charge >= 0.3 is 5.97 Å². The number of carbonyl (C=O) groups excluding carboxylic acids is 3. The second kappa shape index (κ2) is 11.4. The van der Waals surface area contributed by atoms with Crippen molar-refractivity contribution in [1.29, 1.82) is 0 Å². The third kappa shape index (κ3) is 5.58. The van der Waals surface area contributed by atoms with E-state index >= 15 is 0 Å². The molecule has 1 unspecified atom stereocenters. The SMILES string of the molecule is COC(=O)C1(c2ccc(-c3ccc4c(c3)CCN(C(=O)C(Cc3cc(F)c(F)c(F)c3)NC(C)=O)C4)cc2)CCC1. The highest BCUT2D eigenvalue weighted by Gasteiger charge is 2.46. The third-order valence-corrected chi connectivity index (χ3v) is 8.24. The van der Waals surface area contributed by atoms with Crippen LogP contribution in [0.5, 0.6) is 0 Å². The van der Waals surface area contributed by atoms with E-state index in [1.54, 1.807) is 4.90 Å². The van der Waals surface area contributed by atoms with E-state index < -0.39 is 34.8 Å². The Labute approximate surface area is 236 Å². The minimum atomic E-state index is -1.58. The van der Waals surface area contributed by atoms with Crippen molar-refractivity contribution in [2.24, 2.45) is 0 Å². The van der Waals surface area contributed by atoms with E-state index in [-0.39, 0.29) is 23.9 Å². The fourth-order valence-electron chi connectivity index (χ4n) is 5.87. The topological polar surface area (TPSA) is 75.7 Å². The van der Waals surface area contributed by atoms with Gasteiger partial charge < -0.3 is 15.0 Å². The molecule has 1 heterocycles. The summed E-state index contributed by atoms with van der Waals surface area (Å²) in [5.74, 6) is -5.32.